The molecule has 0 amide bonds. The third-order valence-corrected chi connectivity index (χ3v) is 7.63. The van der Waals surface area contributed by atoms with Gasteiger partial charge in [0.1, 0.15) is 88.9 Å². The van der Waals surface area contributed by atoms with Crippen molar-refractivity contribution >= 4 is 11.0 Å². The maximum atomic E-state index is 13.2. The standard InChI is InChI=1S/C28H32O15/c1-39-14-7-15-18(22(34)19(14)27-25(37)23(35)20(32)16(8-29)42-27)12(31)6-13(41-15)10-2-4-11(5-3-10)40-28-26(38)24(36)21(33)17(9-30)43-28/h2-7,16-17,20-21,23-30,32-38H,8-9H2,1H3/t16-,17-,20-,21-,23+,24+,25-,26-,27?,28?/m1/s1. The molecule has 9 N–H and O–H groups in total. The maximum absolute atomic E-state index is 13.2. The summed E-state index contributed by atoms with van der Waals surface area (Å²) in [5.41, 5.74) is -0.561. The van der Waals surface area contributed by atoms with Gasteiger partial charge in [-0.25, -0.2) is 0 Å². The quantitative estimate of drug-likeness (QED) is 0.139. The average molecular weight is 609 g/mol. The topological polar surface area (TPSA) is 249 Å². The predicted octanol–water partition coefficient (Wildman–Crippen LogP) is -2.13. The van der Waals surface area contributed by atoms with Crippen LogP contribution in [0.5, 0.6) is 17.2 Å². The van der Waals surface area contributed by atoms with Crippen molar-refractivity contribution in [1.82, 2.24) is 0 Å². The average Bonchev–Trinajstić information content (AvgIpc) is 3.00. The number of benzene rings is 2. The van der Waals surface area contributed by atoms with Gasteiger partial charge >= 0.3 is 0 Å². The Morgan fingerprint density at radius 3 is 2.00 bits per heavy atom. The third kappa shape index (κ3) is 5.56. The normalized spacial score (nSPS) is 33.0. The van der Waals surface area contributed by atoms with E-state index in [0.717, 1.165) is 6.07 Å². The molecular weight excluding hydrogens is 576 g/mol. The summed E-state index contributed by atoms with van der Waals surface area (Å²) in [6.45, 7) is -1.31. The fraction of sp³-hybridized carbons (Fsp3) is 0.464. The van der Waals surface area contributed by atoms with Gasteiger partial charge in [-0.3, -0.25) is 4.79 Å². The second-order valence-corrected chi connectivity index (χ2v) is 10.3. The fourth-order valence-corrected chi connectivity index (χ4v) is 5.22. The Morgan fingerprint density at radius 1 is 0.791 bits per heavy atom. The Labute approximate surface area is 242 Å². The van der Waals surface area contributed by atoms with E-state index in [-0.39, 0.29) is 33.8 Å². The second-order valence-electron chi connectivity index (χ2n) is 10.3. The molecule has 2 fully saturated rings. The molecular formula is C28H32O15. The highest BCUT2D eigenvalue weighted by atomic mass is 16.7. The molecule has 0 spiro atoms. The number of methoxy groups -OCH3 is 1. The number of aliphatic hydroxyl groups is 8. The molecule has 2 aromatic carbocycles. The number of rotatable bonds is 7. The number of hydrogen-bond donors (Lipinski definition) is 9. The molecule has 2 unspecified atom stereocenters. The number of phenolic OH excluding ortho intramolecular Hbond substituents is 1. The smallest absolute Gasteiger partial charge is 0.229 e. The van der Waals surface area contributed by atoms with Gasteiger partial charge in [-0.05, 0) is 24.3 Å². The lowest BCUT2D eigenvalue weighted by Gasteiger charge is -2.40. The molecule has 1 aromatic heterocycles. The van der Waals surface area contributed by atoms with E-state index >= 15 is 0 Å². The van der Waals surface area contributed by atoms with Crippen LogP contribution in [-0.4, -0.2) is 121 Å². The highest BCUT2D eigenvalue weighted by Gasteiger charge is 2.47. The van der Waals surface area contributed by atoms with Crippen molar-refractivity contribution in [2.45, 2.75) is 61.2 Å². The lowest BCUT2D eigenvalue weighted by Crippen LogP contribution is -2.60. The molecule has 0 aliphatic carbocycles. The van der Waals surface area contributed by atoms with E-state index in [9.17, 15) is 50.8 Å². The monoisotopic (exact) mass is 608 g/mol. The molecule has 3 aromatic rings. The van der Waals surface area contributed by atoms with Gasteiger partial charge in [-0.15, -0.1) is 0 Å². The van der Waals surface area contributed by atoms with E-state index < -0.39 is 85.6 Å². The molecule has 2 aliphatic rings. The summed E-state index contributed by atoms with van der Waals surface area (Å²) in [5.74, 6) is -0.459. The molecule has 0 bridgehead atoms. The molecule has 3 heterocycles. The van der Waals surface area contributed by atoms with Crippen molar-refractivity contribution in [3.05, 3.63) is 52.2 Å². The summed E-state index contributed by atoms with van der Waals surface area (Å²) in [7, 11) is 1.25. The molecule has 2 aliphatic heterocycles. The number of phenols is 1. The first-order valence-electron chi connectivity index (χ1n) is 13.3. The van der Waals surface area contributed by atoms with E-state index in [1.165, 1.54) is 37.4 Å². The summed E-state index contributed by atoms with van der Waals surface area (Å²) in [6, 6.07) is 8.35. The summed E-state index contributed by atoms with van der Waals surface area (Å²) < 4.78 is 27.7. The molecule has 234 valence electrons. The van der Waals surface area contributed by atoms with Gasteiger partial charge in [0.25, 0.3) is 0 Å². The fourth-order valence-electron chi connectivity index (χ4n) is 5.22. The Morgan fingerprint density at radius 2 is 1.40 bits per heavy atom. The number of fused-ring (bicyclic) bond motifs is 1. The van der Waals surface area contributed by atoms with Crippen molar-refractivity contribution in [3.8, 4) is 28.6 Å². The van der Waals surface area contributed by atoms with Crippen molar-refractivity contribution in [2.75, 3.05) is 20.3 Å². The van der Waals surface area contributed by atoms with Gasteiger partial charge in [0.15, 0.2) is 5.43 Å². The number of aromatic hydroxyl groups is 1. The first kappa shape index (κ1) is 31.1. The van der Waals surface area contributed by atoms with E-state index in [2.05, 4.69) is 0 Å². The maximum Gasteiger partial charge on any atom is 0.229 e. The minimum Gasteiger partial charge on any atom is -0.506 e. The summed E-state index contributed by atoms with van der Waals surface area (Å²) in [6.07, 6.45) is -15.2. The summed E-state index contributed by atoms with van der Waals surface area (Å²) in [4.78, 5) is 13.2. The first-order chi connectivity index (χ1) is 20.5. The number of aliphatic hydroxyl groups excluding tert-OH is 8. The van der Waals surface area contributed by atoms with Gasteiger partial charge < -0.3 is 69.3 Å². The van der Waals surface area contributed by atoms with Gasteiger partial charge in [-0.2, -0.15) is 0 Å². The highest BCUT2D eigenvalue weighted by molar-refractivity contribution is 5.88. The summed E-state index contributed by atoms with van der Waals surface area (Å²) >= 11 is 0. The van der Waals surface area contributed by atoms with E-state index in [1.54, 1.807) is 0 Å². The Bertz CT molecular complexity index is 1490. The van der Waals surface area contributed by atoms with Crippen LogP contribution in [0, 0.1) is 0 Å². The Kier molecular flexibility index (Phi) is 8.92. The molecule has 10 atom stereocenters. The minimum atomic E-state index is -1.75. The SMILES string of the molecule is COc1cc2oc(-c3ccc(OC4O[C@H](CO)[C@@H](O)[C@H](O)[C@H]4O)cc3)cc(=O)c2c(O)c1C1O[C@H](CO)[C@@H](O)[C@H](O)[C@H]1O. The lowest BCUT2D eigenvalue weighted by molar-refractivity contribution is -0.277. The van der Waals surface area contributed by atoms with Crippen molar-refractivity contribution in [1.29, 1.82) is 0 Å². The van der Waals surface area contributed by atoms with Gasteiger partial charge in [0.2, 0.25) is 6.29 Å². The van der Waals surface area contributed by atoms with E-state index in [4.69, 9.17) is 23.4 Å². The van der Waals surface area contributed by atoms with Crippen molar-refractivity contribution in [2.24, 2.45) is 0 Å². The zero-order valence-electron chi connectivity index (χ0n) is 22.6. The number of ether oxygens (including phenoxy) is 4. The van der Waals surface area contributed by atoms with Crippen LogP contribution in [0.2, 0.25) is 0 Å². The van der Waals surface area contributed by atoms with Crippen LogP contribution in [0.3, 0.4) is 0 Å². The van der Waals surface area contributed by atoms with Crippen LogP contribution in [0.15, 0.2) is 45.6 Å². The third-order valence-electron chi connectivity index (χ3n) is 7.63. The second kappa shape index (κ2) is 12.3. The van der Waals surface area contributed by atoms with E-state index in [0.29, 0.717) is 5.56 Å². The van der Waals surface area contributed by atoms with Gasteiger partial charge in [0.05, 0.1) is 25.9 Å². The first-order valence-corrected chi connectivity index (χ1v) is 13.3. The molecule has 15 heteroatoms. The molecule has 15 nitrogen and oxygen atoms in total. The van der Waals surface area contributed by atoms with Crippen LogP contribution in [0.4, 0.5) is 0 Å². The van der Waals surface area contributed by atoms with Gasteiger partial charge in [-0.1, -0.05) is 0 Å². The largest absolute Gasteiger partial charge is 0.506 e. The van der Waals surface area contributed by atoms with Crippen LogP contribution in [-0.2, 0) is 9.47 Å². The Balaban J connectivity index is 1.45. The molecule has 2 saturated heterocycles. The highest BCUT2D eigenvalue weighted by Crippen LogP contribution is 2.45. The van der Waals surface area contributed by atoms with Crippen LogP contribution >= 0.6 is 0 Å². The summed E-state index contributed by atoms with van der Waals surface area (Å²) in [5, 5.41) is 90.8. The van der Waals surface area contributed by atoms with Crippen molar-refractivity contribution < 1.29 is 69.3 Å². The minimum absolute atomic E-state index is 0.0714. The molecule has 0 radical (unpaired) electrons. The van der Waals surface area contributed by atoms with Crippen LogP contribution in [0.25, 0.3) is 22.3 Å². The van der Waals surface area contributed by atoms with Crippen molar-refractivity contribution in [3.63, 3.8) is 0 Å². The number of hydrogen-bond acceptors (Lipinski definition) is 15. The zero-order chi connectivity index (χ0) is 31.2. The molecule has 0 saturated carbocycles. The molecule has 5 rings (SSSR count). The van der Waals surface area contributed by atoms with Gasteiger partial charge in [0, 0.05) is 17.7 Å². The lowest BCUT2D eigenvalue weighted by atomic mass is 9.89. The van der Waals surface area contributed by atoms with Crippen LogP contribution < -0.4 is 14.9 Å². The zero-order valence-corrected chi connectivity index (χ0v) is 22.6. The van der Waals surface area contributed by atoms with E-state index in [1.807, 2.05) is 0 Å². The van der Waals surface area contributed by atoms with Crippen LogP contribution in [0.1, 0.15) is 11.7 Å². The Hall–Kier alpha value is -3.35. The predicted molar refractivity (Wildman–Crippen MR) is 143 cm³/mol. The molecule has 43 heavy (non-hydrogen) atoms.